The van der Waals surface area contributed by atoms with Crippen molar-refractivity contribution in [2.24, 2.45) is 5.41 Å². The molecule has 0 bridgehead atoms. The molecular formula is C16H27ClN2O2S. The number of benzene rings is 1. The highest BCUT2D eigenvalue weighted by Crippen LogP contribution is 2.27. The highest BCUT2D eigenvalue weighted by atomic mass is 35.5. The summed E-state index contributed by atoms with van der Waals surface area (Å²) in [5.74, 6) is 0. The van der Waals surface area contributed by atoms with Crippen molar-refractivity contribution in [3.05, 3.63) is 29.8 Å². The molecule has 1 aromatic rings. The highest BCUT2D eigenvalue weighted by Gasteiger charge is 2.28. The van der Waals surface area contributed by atoms with Gasteiger partial charge in [0.25, 0.3) is 0 Å². The average molecular weight is 347 g/mol. The van der Waals surface area contributed by atoms with Gasteiger partial charge in [0.1, 0.15) is 0 Å². The number of aryl methyl sites for hydroxylation is 1. The van der Waals surface area contributed by atoms with E-state index in [1.165, 1.54) is 5.56 Å². The largest absolute Gasteiger partial charge is 0.317 e. The van der Waals surface area contributed by atoms with E-state index in [0.717, 1.165) is 38.8 Å². The number of nitrogens with one attached hydrogen (secondary N) is 2. The Labute approximate surface area is 140 Å². The second kappa shape index (κ2) is 8.29. The van der Waals surface area contributed by atoms with Gasteiger partial charge in [-0.2, -0.15) is 0 Å². The number of halogens is 1. The number of sulfonamides is 1. The first-order valence-electron chi connectivity index (χ1n) is 7.74. The zero-order valence-electron chi connectivity index (χ0n) is 13.4. The molecule has 4 nitrogen and oxygen atoms in total. The molecule has 1 aliphatic rings. The predicted octanol–water partition coefficient (Wildman–Crippen LogP) is 2.73. The number of hydrogen-bond acceptors (Lipinski definition) is 3. The summed E-state index contributed by atoms with van der Waals surface area (Å²) in [6.07, 6.45) is 4.06. The normalized spacial score (nSPS) is 17.7. The zero-order chi connectivity index (χ0) is 15.3. The minimum atomic E-state index is -3.40. The van der Waals surface area contributed by atoms with Crippen molar-refractivity contribution in [2.45, 2.75) is 44.4 Å². The Balaban J connectivity index is 0.00000242. The third kappa shape index (κ3) is 5.23. The molecule has 1 aromatic carbocycles. The molecule has 1 aliphatic heterocycles. The second-order valence-electron chi connectivity index (χ2n) is 6.28. The van der Waals surface area contributed by atoms with Crippen molar-refractivity contribution in [1.29, 1.82) is 0 Å². The maximum atomic E-state index is 12.4. The molecule has 6 heteroatoms. The maximum absolute atomic E-state index is 12.4. The number of rotatable bonds is 6. The van der Waals surface area contributed by atoms with Gasteiger partial charge in [0, 0.05) is 6.54 Å². The van der Waals surface area contributed by atoms with Gasteiger partial charge in [-0.25, -0.2) is 13.1 Å². The molecule has 126 valence electrons. The van der Waals surface area contributed by atoms with Crippen molar-refractivity contribution in [3.63, 3.8) is 0 Å². The van der Waals surface area contributed by atoms with E-state index >= 15 is 0 Å². The smallest absolute Gasteiger partial charge is 0.240 e. The lowest BCUT2D eigenvalue weighted by molar-refractivity contribution is 0.232. The molecule has 22 heavy (non-hydrogen) atoms. The second-order valence-corrected chi connectivity index (χ2v) is 8.05. The van der Waals surface area contributed by atoms with Crippen LogP contribution in [0.15, 0.2) is 29.2 Å². The van der Waals surface area contributed by atoms with Crippen LogP contribution in [0.4, 0.5) is 0 Å². The fraction of sp³-hybridized carbons (Fsp3) is 0.625. The highest BCUT2D eigenvalue weighted by molar-refractivity contribution is 7.89. The molecule has 2 N–H and O–H groups in total. The van der Waals surface area contributed by atoms with Crippen LogP contribution in [0.2, 0.25) is 0 Å². The molecule has 1 saturated heterocycles. The first-order valence-corrected chi connectivity index (χ1v) is 9.23. The molecule has 2 rings (SSSR count). The minimum absolute atomic E-state index is 0. The molecule has 0 atom stereocenters. The lowest BCUT2D eigenvalue weighted by Crippen LogP contribution is -2.42. The summed E-state index contributed by atoms with van der Waals surface area (Å²) in [4.78, 5) is 0.361. The molecule has 0 aliphatic carbocycles. The van der Waals surface area contributed by atoms with Crippen LogP contribution >= 0.6 is 12.4 Å². The van der Waals surface area contributed by atoms with Gasteiger partial charge in [0.2, 0.25) is 10.0 Å². The van der Waals surface area contributed by atoms with Gasteiger partial charge < -0.3 is 5.32 Å². The van der Waals surface area contributed by atoms with Crippen molar-refractivity contribution in [3.8, 4) is 0 Å². The van der Waals surface area contributed by atoms with Crippen molar-refractivity contribution < 1.29 is 8.42 Å². The quantitative estimate of drug-likeness (QED) is 0.832. The molecule has 0 radical (unpaired) electrons. The summed E-state index contributed by atoms with van der Waals surface area (Å²) in [6, 6.07) is 7.23. The molecule has 1 heterocycles. The summed E-state index contributed by atoms with van der Waals surface area (Å²) in [7, 11) is -3.40. The number of piperidine rings is 1. The van der Waals surface area contributed by atoms with Gasteiger partial charge in [-0.15, -0.1) is 12.4 Å². The lowest BCUT2D eigenvalue weighted by Gasteiger charge is -2.34. The Morgan fingerprint density at radius 2 is 1.77 bits per heavy atom. The fourth-order valence-electron chi connectivity index (χ4n) is 2.68. The summed E-state index contributed by atoms with van der Waals surface area (Å²) in [5, 5.41) is 3.31. The molecule has 1 fully saturated rings. The van der Waals surface area contributed by atoms with E-state index in [-0.39, 0.29) is 17.8 Å². The van der Waals surface area contributed by atoms with E-state index in [0.29, 0.717) is 11.4 Å². The van der Waals surface area contributed by atoms with Crippen LogP contribution in [0.5, 0.6) is 0 Å². The fourth-order valence-corrected chi connectivity index (χ4v) is 3.88. The van der Waals surface area contributed by atoms with Crippen LogP contribution in [0.3, 0.4) is 0 Å². The lowest BCUT2D eigenvalue weighted by atomic mass is 9.81. The van der Waals surface area contributed by atoms with Crippen LogP contribution in [0, 0.1) is 5.41 Å². The van der Waals surface area contributed by atoms with Crippen LogP contribution < -0.4 is 10.0 Å². The van der Waals surface area contributed by atoms with Crippen molar-refractivity contribution >= 4 is 22.4 Å². The molecule has 0 saturated carbocycles. The van der Waals surface area contributed by atoms with E-state index in [9.17, 15) is 8.42 Å². The summed E-state index contributed by atoms with van der Waals surface area (Å²) < 4.78 is 27.5. The average Bonchev–Trinajstić information content (AvgIpc) is 2.47. The van der Waals surface area contributed by atoms with Gasteiger partial charge in [0.15, 0.2) is 0 Å². The van der Waals surface area contributed by atoms with Crippen LogP contribution in [-0.2, 0) is 16.4 Å². The third-order valence-electron chi connectivity index (χ3n) is 4.27. The van der Waals surface area contributed by atoms with Crippen LogP contribution in [-0.4, -0.2) is 28.1 Å². The summed E-state index contributed by atoms with van der Waals surface area (Å²) in [5.41, 5.74) is 1.24. The van der Waals surface area contributed by atoms with Crippen LogP contribution in [0.25, 0.3) is 0 Å². The van der Waals surface area contributed by atoms with Gasteiger partial charge >= 0.3 is 0 Å². The SMILES string of the molecule is CCCc1ccc(S(=O)(=O)NCC2(C)CCNCC2)cc1.Cl. The van der Waals surface area contributed by atoms with Gasteiger partial charge in [-0.1, -0.05) is 32.4 Å². The first-order chi connectivity index (χ1) is 9.95. The zero-order valence-corrected chi connectivity index (χ0v) is 15.0. The minimum Gasteiger partial charge on any atom is -0.317 e. The van der Waals surface area contributed by atoms with E-state index < -0.39 is 10.0 Å². The maximum Gasteiger partial charge on any atom is 0.240 e. The van der Waals surface area contributed by atoms with Crippen LogP contribution in [0.1, 0.15) is 38.7 Å². The van der Waals surface area contributed by atoms with E-state index in [4.69, 9.17) is 0 Å². The Kier molecular flexibility index (Phi) is 7.32. The van der Waals surface area contributed by atoms with Crippen molar-refractivity contribution in [1.82, 2.24) is 10.0 Å². The van der Waals surface area contributed by atoms with E-state index in [1.807, 2.05) is 12.1 Å². The third-order valence-corrected chi connectivity index (χ3v) is 5.69. The molecule has 0 unspecified atom stereocenters. The predicted molar refractivity (Wildman–Crippen MR) is 93.1 cm³/mol. The Bertz CT molecular complexity index is 552. The molecule has 0 aromatic heterocycles. The Morgan fingerprint density at radius 1 is 1.18 bits per heavy atom. The Hall–Kier alpha value is -0.620. The summed E-state index contributed by atoms with van der Waals surface area (Å²) >= 11 is 0. The first kappa shape index (κ1) is 19.4. The monoisotopic (exact) mass is 346 g/mol. The molecule has 0 spiro atoms. The van der Waals surface area contributed by atoms with Gasteiger partial charge in [0.05, 0.1) is 4.90 Å². The van der Waals surface area contributed by atoms with E-state index in [2.05, 4.69) is 23.9 Å². The summed E-state index contributed by atoms with van der Waals surface area (Å²) in [6.45, 7) is 6.70. The van der Waals surface area contributed by atoms with Crippen molar-refractivity contribution in [2.75, 3.05) is 19.6 Å². The number of hydrogen-bond donors (Lipinski definition) is 2. The van der Waals surface area contributed by atoms with Gasteiger partial charge in [-0.05, 0) is 55.5 Å². The standard InChI is InChI=1S/C16H26N2O2S.ClH/c1-3-4-14-5-7-15(8-6-14)21(19,20)18-13-16(2)9-11-17-12-10-16;/h5-8,17-18H,3-4,9-13H2,1-2H3;1H. The topological polar surface area (TPSA) is 58.2 Å². The molecule has 0 amide bonds. The Morgan fingerprint density at radius 3 is 2.32 bits per heavy atom. The van der Waals surface area contributed by atoms with Gasteiger partial charge in [-0.3, -0.25) is 0 Å². The van der Waals surface area contributed by atoms with E-state index in [1.54, 1.807) is 12.1 Å². The molecular weight excluding hydrogens is 320 g/mol.